The Balaban J connectivity index is 1.68. The maximum Gasteiger partial charge on any atom is 0.226 e. The second-order valence-electron chi connectivity index (χ2n) is 6.99. The molecule has 0 spiro atoms. The van der Waals surface area contributed by atoms with Gasteiger partial charge < -0.3 is 10.0 Å². The number of hydrogen-bond donors (Lipinski definition) is 1. The van der Waals surface area contributed by atoms with Crippen molar-refractivity contribution in [1.29, 1.82) is 0 Å². The normalized spacial score (nSPS) is 20.7. The van der Waals surface area contributed by atoms with E-state index in [1.807, 2.05) is 4.90 Å². The SMILES string of the molecule is CS(=O)(=O)C[C@H](O)c1cc2n(n1)CCN(C(=O)C1CCCCC1)C2. The van der Waals surface area contributed by atoms with Crippen molar-refractivity contribution < 1.29 is 18.3 Å². The van der Waals surface area contributed by atoms with Gasteiger partial charge in [0.05, 0.1) is 30.2 Å². The van der Waals surface area contributed by atoms with Gasteiger partial charge in [0.1, 0.15) is 15.9 Å². The van der Waals surface area contributed by atoms with Crippen molar-refractivity contribution >= 4 is 15.7 Å². The van der Waals surface area contributed by atoms with Crippen LogP contribution in [0.4, 0.5) is 0 Å². The van der Waals surface area contributed by atoms with Gasteiger partial charge in [0.15, 0.2) is 0 Å². The van der Waals surface area contributed by atoms with Gasteiger partial charge in [-0.2, -0.15) is 5.10 Å². The molecule has 7 nitrogen and oxygen atoms in total. The van der Waals surface area contributed by atoms with Crippen LogP contribution in [0.3, 0.4) is 0 Å². The minimum atomic E-state index is -3.28. The molecule has 3 rings (SSSR count). The minimum Gasteiger partial charge on any atom is -0.386 e. The Kier molecular flexibility index (Phi) is 4.96. The number of aliphatic hydroxyl groups is 1. The van der Waals surface area contributed by atoms with Crippen LogP contribution in [-0.2, 0) is 27.7 Å². The first-order valence-electron chi connectivity index (χ1n) is 8.55. The molecule has 0 bridgehead atoms. The first kappa shape index (κ1) is 17.4. The molecule has 1 aromatic heterocycles. The molecule has 0 radical (unpaired) electrons. The van der Waals surface area contributed by atoms with Crippen LogP contribution >= 0.6 is 0 Å². The number of carbonyl (C=O) groups excluding carboxylic acids is 1. The third-order valence-electron chi connectivity index (χ3n) is 4.88. The van der Waals surface area contributed by atoms with Crippen molar-refractivity contribution in [1.82, 2.24) is 14.7 Å². The molecule has 2 aliphatic rings. The van der Waals surface area contributed by atoms with Crippen molar-refractivity contribution in [2.24, 2.45) is 5.92 Å². The zero-order valence-electron chi connectivity index (χ0n) is 14.0. The van der Waals surface area contributed by atoms with E-state index in [4.69, 9.17) is 0 Å². The maximum atomic E-state index is 12.7. The summed E-state index contributed by atoms with van der Waals surface area (Å²) in [5.41, 5.74) is 1.22. The summed E-state index contributed by atoms with van der Waals surface area (Å²) in [5.74, 6) is 0.0256. The molecule has 24 heavy (non-hydrogen) atoms. The highest BCUT2D eigenvalue weighted by Crippen LogP contribution is 2.27. The molecule has 0 aromatic carbocycles. The number of sulfone groups is 1. The van der Waals surface area contributed by atoms with E-state index >= 15 is 0 Å². The van der Waals surface area contributed by atoms with E-state index in [-0.39, 0.29) is 17.6 Å². The Morgan fingerprint density at radius 2 is 2.04 bits per heavy atom. The molecule has 1 aromatic rings. The first-order chi connectivity index (χ1) is 11.3. The lowest BCUT2D eigenvalue weighted by molar-refractivity contribution is -0.138. The zero-order chi connectivity index (χ0) is 17.3. The van der Waals surface area contributed by atoms with Crippen LogP contribution in [0.1, 0.15) is 49.6 Å². The topological polar surface area (TPSA) is 92.5 Å². The molecule has 134 valence electrons. The number of hydrogen-bond acceptors (Lipinski definition) is 5. The fourth-order valence-electron chi connectivity index (χ4n) is 3.62. The highest BCUT2D eigenvalue weighted by atomic mass is 32.2. The highest BCUT2D eigenvalue weighted by Gasteiger charge is 2.30. The third kappa shape index (κ3) is 3.97. The van der Waals surface area contributed by atoms with Gasteiger partial charge in [-0.15, -0.1) is 0 Å². The lowest BCUT2D eigenvalue weighted by atomic mass is 9.88. The molecule has 1 aliphatic heterocycles. The van der Waals surface area contributed by atoms with Gasteiger partial charge in [0, 0.05) is 18.7 Å². The predicted octanol–water partition coefficient (Wildman–Crippen LogP) is 0.884. The summed E-state index contributed by atoms with van der Waals surface area (Å²) in [5, 5.41) is 14.4. The largest absolute Gasteiger partial charge is 0.386 e. The molecule has 1 fully saturated rings. The summed E-state index contributed by atoms with van der Waals surface area (Å²) in [4.78, 5) is 14.5. The summed E-state index contributed by atoms with van der Waals surface area (Å²) in [6.45, 7) is 1.68. The van der Waals surface area contributed by atoms with Gasteiger partial charge in [0.2, 0.25) is 5.91 Å². The highest BCUT2D eigenvalue weighted by molar-refractivity contribution is 7.90. The van der Waals surface area contributed by atoms with Crippen LogP contribution in [0.2, 0.25) is 0 Å². The van der Waals surface area contributed by atoms with Gasteiger partial charge in [-0.25, -0.2) is 8.42 Å². The smallest absolute Gasteiger partial charge is 0.226 e. The molecule has 2 heterocycles. The van der Waals surface area contributed by atoms with Crippen molar-refractivity contribution in [2.45, 2.75) is 51.3 Å². The molecule has 0 unspecified atom stereocenters. The zero-order valence-corrected chi connectivity index (χ0v) is 14.8. The van der Waals surface area contributed by atoms with E-state index in [0.717, 1.165) is 37.6 Å². The molecule has 1 aliphatic carbocycles. The summed E-state index contributed by atoms with van der Waals surface area (Å²) in [6, 6.07) is 1.72. The summed E-state index contributed by atoms with van der Waals surface area (Å²) in [6.07, 6.45) is 5.41. The van der Waals surface area contributed by atoms with Crippen LogP contribution < -0.4 is 0 Å². The van der Waals surface area contributed by atoms with E-state index in [1.54, 1.807) is 10.7 Å². The number of fused-ring (bicyclic) bond motifs is 1. The number of nitrogens with zero attached hydrogens (tertiary/aromatic N) is 3. The summed E-state index contributed by atoms with van der Waals surface area (Å²) < 4.78 is 24.4. The Bertz CT molecular complexity index is 707. The van der Waals surface area contributed by atoms with Crippen LogP contribution in [-0.4, -0.2) is 52.7 Å². The molecule has 0 saturated heterocycles. The van der Waals surface area contributed by atoms with E-state index in [2.05, 4.69) is 5.10 Å². The summed E-state index contributed by atoms with van der Waals surface area (Å²) in [7, 11) is -3.28. The fraction of sp³-hybridized carbons (Fsp3) is 0.750. The van der Waals surface area contributed by atoms with Crippen molar-refractivity contribution in [3.63, 3.8) is 0 Å². The fourth-order valence-corrected chi connectivity index (χ4v) is 4.36. The average molecular weight is 355 g/mol. The second-order valence-corrected chi connectivity index (χ2v) is 9.17. The number of amides is 1. The predicted molar refractivity (Wildman–Crippen MR) is 88.9 cm³/mol. The number of rotatable bonds is 4. The third-order valence-corrected chi connectivity index (χ3v) is 5.81. The molecular formula is C16H25N3O4S. The second kappa shape index (κ2) is 6.84. The average Bonchev–Trinajstić information content (AvgIpc) is 2.96. The van der Waals surface area contributed by atoms with E-state index in [9.17, 15) is 18.3 Å². The lowest BCUT2D eigenvalue weighted by Crippen LogP contribution is -2.42. The minimum absolute atomic E-state index is 0.142. The molecule has 1 amide bonds. The van der Waals surface area contributed by atoms with Crippen LogP contribution in [0.5, 0.6) is 0 Å². The number of aromatic nitrogens is 2. The van der Waals surface area contributed by atoms with Crippen LogP contribution in [0, 0.1) is 5.92 Å². The quantitative estimate of drug-likeness (QED) is 0.866. The van der Waals surface area contributed by atoms with Crippen LogP contribution in [0.25, 0.3) is 0 Å². The van der Waals surface area contributed by atoms with Crippen LogP contribution in [0.15, 0.2) is 6.07 Å². The molecule has 1 atom stereocenters. The standard InChI is InChI=1S/C16H25N3O4S/c1-24(22,23)11-15(20)14-9-13-10-18(7-8-19(13)17-14)16(21)12-5-3-2-4-6-12/h9,12,15,20H,2-8,10-11H2,1H3/t15-/m0/s1. The van der Waals surface area contributed by atoms with E-state index in [0.29, 0.717) is 25.3 Å². The van der Waals surface area contributed by atoms with E-state index in [1.165, 1.54) is 6.42 Å². The van der Waals surface area contributed by atoms with Gasteiger partial charge in [0.25, 0.3) is 0 Å². The Morgan fingerprint density at radius 3 is 2.71 bits per heavy atom. The maximum absolute atomic E-state index is 12.7. The molecule has 8 heteroatoms. The number of aliphatic hydroxyl groups excluding tert-OH is 1. The Hall–Kier alpha value is -1.41. The Labute approximate surface area is 142 Å². The van der Waals surface area contributed by atoms with Gasteiger partial charge in [-0.3, -0.25) is 9.48 Å². The monoisotopic (exact) mass is 355 g/mol. The molecular weight excluding hydrogens is 330 g/mol. The lowest BCUT2D eigenvalue weighted by Gasteiger charge is -2.32. The van der Waals surface area contributed by atoms with Crippen molar-refractivity contribution in [2.75, 3.05) is 18.6 Å². The molecule has 1 saturated carbocycles. The van der Waals surface area contributed by atoms with Gasteiger partial charge in [-0.1, -0.05) is 19.3 Å². The number of carbonyl (C=O) groups is 1. The first-order valence-corrected chi connectivity index (χ1v) is 10.6. The van der Waals surface area contributed by atoms with Crippen molar-refractivity contribution in [3.05, 3.63) is 17.5 Å². The summed E-state index contributed by atoms with van der Waals surface area (Å²) >= 11 is 0. The van der Waals surface area contributed by atoms with E-state index < -0.39 is 15.9 Å². The van der Waals surface area contributed by atoms with Gasteiger partial charge >= 0.3 is 0 Å². The van der Waals surface area contributed by atoms with Crippen molar-refractivity contribution in [3.8, 4) is 0 Å². The molecule has 1 N–H and O–H groups in total. The van der Waals surface area contributed by atoms with Gasteiger partial charge in [-0.05, 0) is 18.9 Å². The Morgan fingerprint density at radius 1 is 1.33 bits per heavy atom.